The molecule has 2 heterocycles. The van der Waals surface area contributed by atoms with Crippen molar-refractivity contribution in [2.75, 3.05) is 6.79 Å². The van der Waals surface area contributed by atoms with Crippen LogP contribution in [0.2, 0.25) is 0 Å². The van der Waals surface area contributed by atoms with Gasteiger partial charge in [0.25, 0.3) is 0 Å². The molecular weight excluding hydrogens is 405 g/mol. The zero-order chi connectivity index (χ0) is 21.7. The number of fused-ring (bicyclic) bond motifs is 1. The van der Waals surface area contributed by atoms with E-state index in [1.54, 1.807) is 19.1 Å². The number of aryl methyl sites for hydroxylation is 1. The van der Waals surface area contributed by atoms with Crippen molar-refractivity contribution in [2.45, 2.75) is 24.9 Å². The molecule has 0 aliphatic carbocycles. The summed E-state index contributed by atoms with van der Waals surface area (Å²) in [5, 5.41) is 15.7. The minimum atomic E-state index is -5.25. The summed E-state index contributed by atoms with van der Waals surface area (Å²) in [7, 11) is 0. The number of hydrogen-bond acceptors (Lipinski definition) is 5. The highest BCUT2D eigenvalue weighted by Crippen LogP contribution is 2.44. The van der Waals surface area contributed by atoms with E-state index in [9.17, 15) is 27.9 Å². The van der Waals surface area contributed by atoms with Crippen molar-refractivity contribution < 1.29 is 37.3 Å². The number of amides is 2. The lowest BCUT2D eigenvalue weighted by molar-refractivity contribution is -0.190. The van der Waals surface area contributed by atoms with Crippen molar-refractivity contribution in [3.05, 3.63) is 59.2 Å². The maximum atomic E-state index is 13.5. The first-order valence-electron chi connectivity index (χ1n) is 8.98. The SMILES string of the molecule is Cc1ccc([C@]2(O)NC(=O)N[C@@H](c3ccc4c(c3)OCO4)[C@@H]2C(=O)C(F)(F)F)cc1. The molecule has 0 aromatic heterocycles. The molecular formula is C20H17F3N2O5. The van der Waals surface area contributed by atoms with E-state index in [0.29, 0.717) is 5.75 Å². The van der Waals surface area contributed by atoms with Crippen molar-refractivity contribution in [3.63, 3.8) is 0 Å². The van der Waals surface area contributed by atoms with Crippen LogP contribution in [-0.2, 0) is 10.5 Å². The van der Waals surface area contributed by atoms with Crippen molar-refractivity contribution in [1.29, 1.82) is 0 Å². The van der Waals surface area contributed by atoms with Gasteiger partial charge in [-0.3, -0.25) is 4.79 Å². The lowest BCUT2D eigenvalue weighted by Gasteiger charge is -2.45. The Hall–Kier alpha value is -3.27. The van der Waals surface area contributed by atoms with E-state index in [0.717, 1.165) is 5.56 Å². The van der Waals surface area contributed by atoms with E-state index in [-0.39, 0.29) is 23.7 Å². The predicted octanol–water partition coefficient (Wildman–Crippen LogP) is 2.67. The van der Waals surface area contributed by atoms with Crippen LogP contribution in [0.4, 0.5) is 18.0 Å². The standard InChI is InChI=1S/C20H17F3N2O5/c1-10-2-5-12(6-3-10)19(28)15(17(26)20(21,22)23)16(24-18(27)25-19)11-4-7-13-14(8-11)30-9-29-13/h2-8,15-16,28H,9H2,1H3,(H2,24,25,27)/t15-,16+,19-/m1/s1. The Kier molecular flexibility index (Phi) is 4.61. The van der Waals surface area contributed by atoms with Gasteiger partial charge in [0.05, 0.1) is 6.04 Å². The van der Waals surface area contributed by atoms with Crippen LogP contribution >= 0.6 is 0 Å². The van der Waals surface area contributed by atoms with E-state index in [1.807, 2.05) is 0 Å². The van der Waals surface area contributed by atoms with E-state index >= 15 is 0 Å². The van der Waals surface area contributed by atoms with Crippen LogP contribution in [0.15, 0.2) is 42.5 Å². The van der Waals surface area contributed by atoms with Crippen molar-refractivity contribution >= 4 is 11.8 Å². The van der Waals surface area contributed by atoms with E-state index in [1.165, 1.54) is 30.3 Å². The molecule has 2 aromatic carbocycles. The number of carbonyl (C=O) groups excluding carboxylic acids is 2. The molecule has 0 saturated carbocycles. The van der Waals surface area contributed by atoms with Crippen LogP contribution in [0, 0.1) is 12.8 Å². The lowest BCUT2D eigenvalue weighted by Crippen LogP contribution is -2.66. The number of rotatable bonds is 3. The number of aliphatic hydroxyl groups is 1. The summed E-state index contributed by atoms with van der Waals surface area (Å²) < 4.78 is 51.0. The van der Waals surface area contributed by atoms with Crippen LogP contribution in [0.5, 0.6) is 11.5 Å². The van der Waals surface area contributed by atoms with Gasteiger partial charge >= 0.3 is 12.2 Å². The Balaban J connectivity index is 1.86. The van der Waals surface area contributed by atoms with Crippen LogP contribution in [-0.4, -0.2) is 29.9 Å². The first-order chi connectivity index (χ1) is 14.1. The normalized spacial score (nSPS) is 25.4. The molecule has 30 heavy (non-hydrogen) atoms. The maximum Gasteiger partial charge on any atom is 0.450 e. The summed E-state index contributed by atoms with van der Waals surface area (Å²) in [6.07, 6.45) is -5.25. The van der Waals surface area contributed by atoms with Gasteiger partial charge in [0.1, 0.15) is 5.92 Å². The average Bonchev–Trinajstić information content (AvgIpc) is 3.14. The Morgan fingerprint density at radius 3 is 2.47 bits per heavy atom. The fourth-order valence-corrected chi connectivity index (χ4v) is 3.71. The zero-order valence-corrected chi connectivity index (χ0v) is 15.6. The molecule has 2 amide bonds. The third kappa shape index (κ3) is 3.32. The summed E-state index contributed by atoms with van der Waals surface area (Å²) in [5.74, 6) is -3.64. The fourth-order valence-electron chi connectivity index (χ4n) is 3.71. The van der Waals surface area contributed by atoms with Gasteiger partial charge in [-0.15, -0.1) is 0 Å². The third-order valence-corrected chi connectivity index (χ3v) is 5.18. The number of urea groups is 1. The zero-order valence-electron chi connectivity index (χ0n) is 15.6. The van der Waals surface area contributed by atoms with Gasteiger partial charge in [-0.1, -0.05) is 35.9 Å². The predicted molar refractivity (Wildman–Crippen MR) is 96.6 cm³/mol. The highest BCUT2D eigenvalue weighted by atomic mass is 19.4. The molecule has 158 valence electrons. The average molecular weight is 422 g/mol. The molecule has 2 aromatic rings. The van der Waals surface area contributed by atoms with Crippen LogP contribution in [0.3, 0.4) is 0 Å². The van der Waals surface area contributed by atoms with Gasteiger partial charge in [-0.2, -0.15) is 13.2 Å². The minimum Gasteiger partial charge on any atom is -0.454 e. The number of Topliss-reactive ketones (excluding diaryl/α,β-unsaturated/α-hetero) is 1. The van der Waals surface area contributed by atoms with E-state index in [4.69, 9.17) is 9.47 Å². The molecule has 1 saturated heterocycles. The number of nitrogens with one attached hydrogen (secondary N) is 2. The molecule has 10 heteroatoms. The summed E-state index contributed by atoms with van der Waals surface area (Å²) in [5.41, 5.74) is -1.70. The highest BCUT2D eigenvalue weighted by molar-refractivity contribution is 5.91. The van der Waals surface area contributed by atoms with Crippen molar-refractivity contribution in [1.82, 2.24) is 10.6 Å². The summed E-state index contributed by atoms with van der Waals surface area (Å²) in [6, 6.07) is 7.72. The number of halogens is 3. The largest absolute Gasteiger partial charge is 0.454 e. The summed E-state index contributed by atoms with van der Waals surface area (Å²) in [4.78, 5) is 24.8. The molecule has 0 radical (unpaired) electrons. The molecule has 3 N–H and O–H groups in total. The summed E-state index contributed by atoms with van der Waals surface area (Å²) in [6.45, 7) is 1.69. The Labute approximate surface area is 168 Å². The van der Waals surface area contributed by atoms with Gasteiger partial charge in [-0.25, -0.2) is 4.79 Å². The summed E-state index contributed by atoms with van der Waals surface area (Å²) >= 11 is 0. The molecule has 4 rings (SSSR count). The first kappa shape index (κ1) is 20.0. The number of carbonyl (C=O) groups is 2. The Morgan fingerprint density at radius 2 is 1.80 bits per heavy atom. The molecule has 7 nitrogen and oxygen atoms in total. The number of benzene rings is 2. The van der Waals surface area contributed by atoms with Gasteiger partial charge in [-0.05, 0) is 24.6 Å². The van der Waals surface area contributed by atoms with Crippen LogP contribution < -0.4 is 20.1 Å². The maximum absolute atomic E-state index is 13.5. The van der Waals surface area contributed by atoms with Crippen molar-refractivity contribution in [2.24, 2.45) is 5.92 Å². The number of ketones is 1. The molecule has 2 aliphatic heterocycles. The van der Waals surface area contributed by atoms with E-state index < -0.39 is 35.7 Å². The Morgan fingerprint density at radius 1 is 1.13 bits per heavy atom. The molecule has 3 atom stereocenters. The monoisotopic (exact) mass is 422 g/mol. The van der Waals surface area contributed by atoms with E-state index in [2.05, 4.69) is 10.6 Å². The third-order valence-electron chi connectivity index (χ3n) is 5.18. The number of alkyl halides is 3. The van der Waals surface area contributed by atoms with Crippen molar-refractivity contribution in [3.8, 4) is 11.5 Å². The molecule has 1 fully saturated rings. The van der Waals surface area contributed by atoms with Gasteiger partial charge in [0.2, 0.25) is 12.6 Å². The second-order valence-corrected chi connectivity index (χ2v) is 7.16. The second-order valence-electron chi connectivity index (χ2n) is 7.16. The van der Waals surface area contributed by atoms with Crippen LogP contribution in [0.25, 0.3) is 0 Å². The van der Waals surface area contributed by atoms with Crippen LogP contribution in [0.1, 0.15) is 22.7 Å². The minimum absolute atomic E-state index is 0.0451. The number of ether oxygens (including phenoxy) is 2. The highest BCUT2D eigenvalue weighted by Gasteiger charge is 2.59. The topological polar surface area (TPSA) is 96.9 Å². The van der Waals surface area contributed by atoms with Gasteiger partial charge in [0.15, 0.2) is 17.2 Å². The molecule has 0 unspecified atom stereocenters. The van der Waals surface area contributed by atoms with Gasteiger partial charge < -0.3 is 25.2 Å². The Bertz CT molecular complexity index is 1010. The first-order valence-corrected chi connectivity index (χ1v) is 8.98. The molecule has 2 aliphatic rings. The molecule has 0 spiro atoms. The quantitative estimate of drug-likeness (QED) is 0.707. The number of hydrogen-bond donors (Lipinski definition) is 3. The van der Waals surface area contributed by atoms with Gasteiger partial charge in [0, 0.05) is 5.56 Å². The second kappa shape index (κ2) is 6.91. The fraction of sp³-hybridized carbons (Fsp3) is 0.300. The smallest absolute Gasteiger partial charge is 0.450 e. The lowest BCUT2D eigenvalue weighted by atomic mass is 9.76. The molecule has 0 bridgehead atoms.